The number of nitrogens with two attached hydrogens (primary N) is 1. The summed E-state index contributed by atoms with van der Waals surface area (Å²) >= 11 is 0. The molecule has 0 bridgehead atoms. The Labute approximate surface area is 126 Å². The smallest absolute Gasteiger partial charge is 0.251 e. The van der Waals surface area contributed by atoms with Gasteiger partial charge in [0.15, 0.2) is 17.3 Å². The molecule has 1 aromatic rings. The standard InChI is InChI=1S/C15H15N3O4/c1-18(2)7-3-4-9-11(5-7)22-14-12(17-9)8(15(16)21)6-10(19)13(14)20/h3-7,19-20H,1-2H3,(H2,16,21). The van der Waals surface area contributed by atoms with Crippen molar-refractivity contribution in [1.82, 2.24) is 4.90 Å². The zero-order valence-corrected chi connectivity index (χ0v) is 12.1. The van der Waals surface area contributed by atoms with Crippen LogP contribution >= 0.6 is 0 Å². The molecule has 2 aliphatic rings. The molecule has 1 atom stereocenters. The van der Waals surface area contributed by atoms with Gasteiger partial charge in [0.1, 0.15) is 11.4 Å². The molecule has 7 heteroatoms. The average molecular weight is 301 g/mol. The number of hydrogen-bond acceptors (Lipinski definition) is 6. The van der Waals surface area contributed by atoms with E-state index in [9.17, 15) is 15.0 Å². The molecule has 1 aliphatic carbocycles. The lowest BCUT2D eigenvalue weighted by Gasteiger charge is -2.26. The molecule has 1 unspecified atom stereocenters. The lowest BCUT2D eigenvalue weighted by atomic mass is 10.0. The van der Waals surface area contributed by atoms with Crippen molar-refractivity contribution >= 4 is 17.3 Å². The number of phenols is 2. The maximum Gasteiger partial charge on any atom is 0.251 e. The summed E-state index contributed by atoms with van der Waals surface area (Å²) in [6.07, 6.45) is 5.54. The maximum atomic E-state index is 11.5. The van der Waals surface area contributed by atoms with E-state index in [-0.39, 0.29) is 23.0 Å². The first-order valence-corrected chi connectivity index (χ1v) is 6.60. The normalized spacial score (nSPS) is 19.0. The molecule has 0 aromatic heterocycles. The van der Waals surface area contributed by atoms with E-state index >= 15 is 0 Å². The van der Waals surface area contributed by atoms with Crippen molar-refractivity contribution in [2.45, 2.75) is 6.04 Å². The van der Waals surface area contributed by atoms with Gasteiger partial charge < -0.3 is 20.7 Å². The minimum atomic E-state index is -0.766. The number of benzene rings is 1. The lowest BCUT2D eigenvalue weighted by Crippen LogP contribution is -2.29. The van der Waals surface area contributed by atoms with Crippen LogP contribution in [0.5, 0.6) is 17.2 Å². The van der Waals surface area contributed by atoms with E-state index in [0.717, 1.165) is 6.07 Å². The van der Waals surface area contributed by atoms with E-state index in [2.05, 4.69) is 4.99 Å². The van der Waals surface area contributed by atoms with Crippen LogP contribution in [0.3, 0.4) is 0 Å². The number of phenolic OH excluding ortho intramolecular Hbond substituents is 2. The summed E-state index contributed by atoms with van der Waals surface area (Å²) in [6, 6.07) is 1.10. The zero-order valence-electron chi connectivity index (χ0n) is 12.1. The van der Waals surface area contributed by atoms with E-state index < -0.39 is 17.4 Å². The van der Waals surface area contributed by atoms with Crippen LogP contribution in [0.15, 0.2) is 35.0 Å². The molecule has 0 fully saturated rings. The molecule has 114 valence electrons. The highest BCUT2D eigenvalue weighted by atomic mass is 16.5. The van der Waals surface area contributed by atoms with Crippen molar-refractivity contribution in [1.29, 1.82) is 0 Å². The Balaban J connectivity index is 2.17. The highest BCUT2D eigenvalue weighted by molar-refractivity contribution is 6.13. The Morgan fingerprint density at radius 1 is 1.41 bits per heavy atom. The van der Waals surface area contributed by atoms with Crippen LogP contribution in [0.25, 0.3) is 0 Å². The van der Waals surface area contributed by atoms with Crippen molar-refractivity contribution in [3.05, 3.63) is 35.6 Å². The molecule has 4 N–H and O–H groups in total. The number of nitrogens with zero attached hydrogens (tertiary/aromatic N) is 2. The molecule has 0 radical (unpaired) electrons. The Kier molecular flexibility index (Phi) is 3.14. The number of ether oxygens (including phenoxy) is 1. The van der Waals surface area contributed by atoms with Gasteiger partial charge in [-0.2, -0.15) is 0 Å². The molecule has 7 nitrogen and oxygen atoms in total. The average Bonchev–Trinajstić information content (AvgIpc) is 2.48. The molecule has 1 aromatic carbocycles. The summed E-state index contributed by atoms with van der Waals surface area (Å²) in [4.78, 5) is 17.8. The fraction of sp³-hybridized carbons (Fsp3) is 0.200. The largest absolute Gasteiger partial charge is 0.504 e. The second kappa shape index (κ2) is 4.88. The van der Waals surface area contributed by atoms with Crippen molar-refractivity contribution < 1.29 is 19.7 Å². The predicted octanol–water partition coefficient (Wildman–Crippen LogP) is 1.05. The van der Waals surface area contributed by atoms with Gasteiger partial charge in [-0.1, -0.05) is 6.08 Å². The van der Waals surface area contributed by atoms with Crippen LogP contribution in [0.4, 0.5) is 5.69 Å². The number of hydrogen-bond donors (Lipinski definition) is 3. The zero-order chi connectivity index (χ0) is 16.0. The van der Waals surface area contributed by atoms with E-state index in [1.807, 2.05) is 31.1 Å². The highest BCUT2D eigenvalue weighted by Gasteiger charge is 2.29. The first kappa shape index (κ1) is 14.2. The SMILES string of the molecule is CN(C)C1C=CC2=Nc3c(C(N)=O)cc(O)c(O)c3OC2=C1. The van der Waals surface area contributed by atoms with Gasteiger partial charge in [-0.3, -0.25) is 9.69 Å². The number of carbonyl (C=O) groups excluding carboxylic acids is 1. The quantitative estimate of drug-likeness (QED) is 0.707. The summed E-state index contributed by atoms with van der Waals surface area (Å²) in [5.41, 5.74) is 5.92. The maximum absolute atomic E-state index is 11.5. The Bertz CT molecular complexity index is 763. The summed E-state index contributed by atoms with van der Waals surface area (Å²) < 4.78 is 5.65. The van der Waals surface area contributed by atoms with Gasteiger partial charge in [-0.25, -0.2) is 4.99 Å². The third kappa shape index (κ3) is 2.11. The van der Waals surface area contributed by atoms with Crippen molar-refractivity contribution in [3.8, 4) is 17.2 Å². The number of likely N-dealkylation sites (N-methyl/N-ethyl adjacent to an activating group) is 1. The van der Waals surface area contributed by atoms with Crippen LogP contribution < -0.4 is 10.5 Å². The number of primary amides is 1. The summed E-state index contributed by atoms with van der Waals surface area (Å²) in [5, 5.41) is 19.7. The first-order valence-electron chi connectivity index (χ1n) is 6.60. The van der Waals surface area contributed by atoms with Gasteiger partial charge >= 0.3 is 0 Å². The summed E-state index contributed by atoms with van der Waals surface area (Å²) in [6.45, 7) is 0. The number of aliphatic imine (C=N–C) groups is 1. The van der Waals surface area contributed by atoms with Gasteiger partial charge in [0.25, 0.3) is 5.91 Å². The molecule has 0 spiro atoms. The van der Waals surface area contributed by atoms with E-state index in [1.165, 1.54) is 0 Å². The second-order valence-electron chi connectivity index (χ2n) is 5.28. The van der Waals surface area contributed by atoms with Gasteiger partial charge in [-0.05, 0) is 32.3 Å². The third-order valence-electron chi connectivity index (χ3n) is 3.54. The van der Waals surface area contributed by atoms with Gasteiger partial charge in [0, 0.05) is 6.04 Å². The summed E-state index contributed by atoms with van der Waals surface area (Å²) in [7, 11) is 3.83. The molecule has 1 heterocycles. The Morgan fingerprint density at radius 2 is 2.14 bits per heavy atom. The van der Waals surface area contributed by atoms with E-state index in [1.54, 1.807) is 6.08 Å². The van der Waals surface area contributed by atoms with E-state index in [4.69, 9.17) is 10.5 Å². The molecular weight excluding hydrogens is 286 g/mol. The molecule has 0 saturated carbocycles. The minimum Gasteiger partial charge on any atom is -0.504 e. The van der Waals surface area contributed by atoms with Gasteiger partial charge in [0.2, 0.25) is 5.75 Å². The summed E-state index contributed by atoms with van der Waals surface area (Å²) in [5.74, 6) is -1.35. The van der Waals surface area contributed by atoms with Gasteiger partial charge in [0.05, 0.1) is 5.56 Å². The van der Waals surface area contributed by atoms with Crippen LogP contribution in [-0.2, 0) is 0 Å². The fourth-order valence-corrected chi connectivity index (χ4v) is 2.32. The monoisotopic (exact) mass is 301 g/mol. The number of aromatic hydroxyl groups is 2. The second-order valence-corrected chi connectivity index (χ2v) is 5.28. The molecule has 22 heavy (non-hydrogen) atoms. The molecule has 0 saturated heterocycles. The molecule has 1 aliphatic heterocycles. The van der Waals surface area contributed by atoms with Crippen LogP contribution in [0.2, 0.25) is 0 Å². The Hall–Kier alpha value is -2.80. The number of carbonyl (C=O) groups is 1. The van der Waals surface area contributed by atoms with Crippen molar-refractivity contribution in [3.63, 3.8) is 0 Å². The lowest BCUT2D eigenvalue weighted by molar-refractivity contribution is 0.1000. The van der Waals surface area contributed by atoms with Crippen molar-refractivity contribution in [2.75, 3.05) is 14.1 Å². The topological polar surface area (TPSA) is 108 Å². The molecular formula is C15H15N3O4. The Morgan fingerprint density at radius 3 is 2.77 bits per heavy atom. The molecule has 1 amide bonds. The number of fused-ring (bicyclic) bond motifs is 2. The van der Waals surface area contributed by atoms with E-state index in [0.29, 0.717) is 11.5 Å². The number of allylic oxidation sites excluding steroid dienone is 1. The first-order chi connectivity index (χ1) is 10.4. The number of rotatable bonds is 2. The van der Waals surface area contributed by atoms with Crippen LogP contribution in [-0.4, -0.2) is 46.9 Å². The highest BCUT2D eigenvalue weighted by Crippen LogP contribution is 2.48. The van der Waals surface area contributed by atoms with Crippen LogP contribution in [0, 0.1) is 0 Å². The van der Waals surface area contributed by atoms with Crippen LogP contribution in [0.1, 0.15) is 10.4 Å². The predicted molar refractivity (Wildman–Crippen MR) is 80.7 cm³/mol. The third-order valence-corrected chi connectivity index (χ3v) is 3.54. The number of amides is 1. The van der Waals surface area contributed by atoms with Crippen molar-refractivity contribution in [2.24, 2.45) is 10.7 Å². The minimum absolute atomic E-state index is 0.0139. The van der Waals surface area contributed by atoms with Gasteiger partial charge in [-0.15, -0.1) is 0 Å². The molecule has 3 rings (SSSR count). The fourth-order valence-electron chi connectivity index (χ4n) is 2.32.